The number of nitrogens with zero attached hydrogens (tertiary/aromatic N) is 3. The van der Waals surface area contributed by atoms with Crippen LogP contribution < -0.4 is 5.32 Å². The van der Waals surface area contributed by atoms with E-state index < -0.39 is 22.0 Å². The smallest absolute Gasteiger partial charge is 0.322 e. The highest BCUT2D eigenvalue weighted by atomic mass is 32.2. The van der Waals surface area contributed by atoms with E-state index in [1.807, 2.05) is 32.9 Å². The molecule has 1 amide bonds. The molecule has 1 aliphatic rings. The minimum Gasteiger partial charge on any atom is -0.407 e. The van der Waals surface area contributed by atoms with Crippen LogP contribution in [0.3, 0.4) is 0 Å². The molecule has 168 valence electrons. The van der Waals surface area contributed by atoms with Crippen LogP contribution in [0.5, 0.6) is 0 Å². The summed E-state index contributed by atoms with van der Waals surface area (Å²) in [5.74, 6) is -0.0984. The molecular weight excluding hydrogens is 428 g/mol. The standard InChI is InChI=1S/C23H26N4O4S/c1-15-6-10-19(11-7-15)32(29,30)27-12-4-5-20(27)22(28)24-23-26-25-21(31-23)14-18-9-8-16(2)17(3)13-18/h6-11,13,20H,4-5,12,14H2,1-3H3,(H,24,26,28). The molecule has 1 fully saturated rings. The molecule has 1 N–H and O–H groups in total. The molecule has 1 saturated heterocycles. The fourth-order valence-corrected chi connectivity index (χ4v) is 5.44. The number of sulfonamides is 1. The Hall–Kier alpha value is -3.04. The Morgan fingerprint density at radius 2 is 1.84 bits per heavy atom. The highest BCUT2D eigenvalue weighted by Crippen LogP contribution is 2.27. The minimum atomic E-state index is -3.78. The molecule has 0 spiro atoms. The summed E-state index contributed by atoms with van der Waals surface area (Å²) in [5.41, 5.74) is 4.37. The van der Waals surface area contributed by atoms with Crippen molar-refractivity contribution in [3.8, 4) is 0 Å². The molecule has 1 aliphatic heterocycles. The second kappa shape index (κ2) is 8.84. The van der Waals surface area contributed by atoms with Crippen LogP contribution >= 0.6 is 0 Å². The van der Waals surface area contributed by atoms with Gasteiger partial charge in [0, 0.05) is 6.54 Å². The lowest BCUT2D eigenvalue weighted by atomic mass is 10.0. The molecule has 0 aliphatic carbocycles. The number of carbonyl (C=O) groups is 1. The maximum atomic E-state index is 13.1. The van der Waals surface area contributed by atoms with Gasteiger partial charge in [-0.15, -0.1) is 5.10 Å². The number of aryl methyl sites for hydroxylation is 3. The Bertz CT molecular complexity index is 1240. The molecule has 4 rings (SSSR count). The number of hydrogen-bond donors (Lipinski definition) is 1. The van der Waals surface area contributed by atoms with Gasteiger partial charge in [-0.2, -0.15) is 4.31 Å². The zero-order valence-corrected chi connectivity index (χ0v) is 19.1. The van der Waals surface area contributed by atoms with Crippen LogP contribution in [-0.2, 0) is 21.2 Å². The fraction of sp³-hybridized carbons (Fsp3) is 0.348. The summed E-state index contributed by atoms with van der Waals surface area (Å²) >= 11 is 0. The lowest BCUT2D eigenvalue weighted by Gasteiger charge is -2.22. The lowest BCUT2D eigenvalue weighted by Crippen LogP contribution is -2.43. The van der Waals surface area contributed by atoms with Crippen LogP contribution in [0, 0.1) is 20.8 Å². The second-order valence-corrected chi connectivity index (χ2v) is 10.1. The molecule has 0 radical (unpaired) electrons. The topological polar surface area (TPSA) is 105 Å². The summed E-state index contributed by atoms with van der Waals surface area (Å²) in [6.45, 7) is 6.26. The number of aromatic nitrogens is 2. The van der Waals surface area contributed by atoms with Crippen LogP contribution in [0.4, 0.5) is 6.01 Å². The van der Waals surface area contributed by atoms with Crippen molar-refractivity contribution in [3.05, 3.63) is 70.6 Å². The van der Waals surface area contributed by atoms with E-state index in [1.165, 1.54) is 15.4 Å². The molecule has 2 heterocycles. The third-order valence-corrected chi connectivity index (χ3v) is 7.68. The zero-order chi connectivity index (χ0) is 22.9. The maximum Gasteiger partial charge on any atom is 0.322 e. The summed E-state index contributed by atoms with van der Waals surface area (Å²) in [7, 11) is -3.78. The number of nitrogens with one attached hydrogen (secondary N) is 1. The van der Waals surface area contributed by atoms with Gasteiger partial charge in [0.25, 0.3) is 0 Å². The van der Waals surface area contributed by atoms with Crippen molar-refractivity contribution in [1.29, 1.82) is 0 Å². The molecule has 0 saturated carbocycles. The predicted octanol–water partition coefficient (Wildman–Crippen LogP) is 3.38. The zero-order valence-electron chi connectivity index (χ0n) is 18.3. The van der Waals surface area contributed by atoms with Gasteiger partial charge in [-0.25, -0.2) is 8.42 Å². The summed E-state index contributed by atoms with van der Waals surface area (Å²) in [6.07, 6.45) is 1.48. The van der Waals surface area contributed by atoms with Gasteiger partial charge in [-0.05, 0) is 62.4 Å². The highest BCUT2D eigenvalue weighted by Gasteiger charge is 2.39. The third-order valence-electron chi connectivity index (χ3n) is 5.76. The van der Waals surface area contributed by atoms with E-state index in [1.54, 1.807) is 24.3 Å². The molecular formula is C23H26N4O4S. The van der Waals surface area contributed by atoms with Crippen LogP contribution in [0.2, 0.25) is 0 Å². The van der Waals surface area contributed by atoms with Crippen LogP contribution in [-0.4, -0.2) is 41.4 Å². The van der Waals surface area contributed by atoms with Crippen LogP contribution in [0.1, 0.15) is 41.0 Å². The molecule has 1 unspecified atom stereocenters. The Labute approximate surface area is 187 Å². The Kier molecular flexibility index (Phi) is 6.12. The highest BCUT2D eigenvalue weighted by molar-refractivity contribution is 7.89. The first kappa shape index (κ1) is 22.2. The van der Waals surface area contributed by atoms with Crippen molar-refractivity contribution in [2.24, 2.45) is 0 Å². The first-order valence-electron chi connectivity index (χ1n) is 10.5. The van der Waals surface area contributed by atoms with E-state index in [0.717, 1.165) is 11.1 Å². The van der Waals surface area contributed by atoms with Gasteiger partial charge in [0.05, 0.1) is 11.3 Å². The monoisotopic (exact) mass is 454 g/mol. The van der Waals surface area contributed by atoms with E-state index in [9.17, 15) is 13.2 Å². The normalized spacial score (nSPS) is 16.9. The quantitative estimate of drug-likeness (QED) is 0.612. The Morgan fingerprint density at radius 1 is 1.09 bits per heavy atom. The van der Waals surface area contributed by atoms with Crippen LogP contribution in [0.15, 0.2) is 51.8 Å². The Balaban J connectivity index is 1.45. The molecule has 0 bridgehead atoms. The fourth-order valence-electron chi connectivity index (χ4n) is 3.79. The number of benzene rings is 2. The van der Waals surface area contributed by atoms with E-state index in [0.29, 0.717) is 25.2 Å². The summed E-state index contributed by atoms with van der Waals surface area (Å²) in [5, 5.41) is 10.5. The molecule has 1 atom stereocenters. The molecule has 3 aromatic rings. The first-order chi connectivity index (χ1) is 15.2. The van der Waals surface area contributed by atoms with E-state index in [4.69, 9.17) is 4.42 Å². The predicted molar refractivity (Wildman–Crippen MR) is 120 cm³/mol. The van der Waals surface area contributed by atoms with Gasteiger partial charge in [0.15, 0.2) is 0 Å². The number of hydrogen-bond acceptors (Lipinski definition) is 6. The van der Waals surface area contributed by atoms with Gasteiger partial charge in [0.2, 0.25) is 21.8 Å². The van der Waals surface area contributed by atoms with Gasteiger partial charge in [-0.1, -0.05) is 41.0 Å². The number of carbonyl (C=O) groups excluding carboxylic acids is 1. The maximum absolute atomic E-state index is 13.1. The van der Waals surface area contributed by atoms with Crippen molar-refractivity contribution >= 4 is 21.9 Å². The van der Waals surface area contributed by atoms with Gasteiger partial charge in [-0.3, -0.25) is 10.1 Å². The van der Waals surface area contributed by atoms with E-state index >= 15 is 0 Å². The minimum absolute atomic E-state index is 0.0339. The third kappa shape index (κ3) is 4.58. The van der Waals surface area contributed by atoms with Crippen molar-refractivity contribution < 1.29 is 17.6 Å². The van der Waals surface area contributed by atoms with Gasteiger partial charge in [0.1, 0.15) is 6.04 Å². The van der Waals surface area contributed by atoms with Crippen molar-refractivity contribution in [3.63, 3.8) is 0 Å². The SMILES string of the molecule is Cc1ccc(S(=O)(=O)N2CCCC2C(=O)Nc2nnc(Cc3ccc(C)c(C)c3)o2)cc1. The molecule has 8 nitrogen and oxygen atoms in total. The largest absolute Gasteiger partial charge is 0.407 e. The molecule has 1 aromatic heterocycles. The van der Waals surface area contributed by atoms with Gasteiger partial charge < -0.3 is 4.42 Å². The van der Waals surface area contributed by atoms with Crippen molar-refractivity contribution in [2.75, 3.05) is 11.9 Å². The van der Waals surface area contributed by atoms with Crippen LogP contribution in [0.25, 0.3) is 0 Å². The molecule has 32 heavy (non-hydrogen) atoms. The number of rotatable bonds is 6. The second-order valence-electron chi connectivity index (χ2n) is 8.17. The first-order valence-corrected chi connectivity index (χ1v) is 12.0. The summed E-state index contributed by atoms with van der Waals surface area (Å²) in [4.78, 5) is 13.0. The Morgan fingerprint density at radius 3 is 2.56 bits per heavy atom. The average molecular weight is 455 g/mol. The molecule has 9 heteroatoms. The van der Waals surface area contributed by atoms with E-state index in [2.05, 4.69) is 21.6 Å². The summed E-state index contributed by atoms with van der Waals surface area (Å²) < 4.78 is 33.0. The number of amides is 1. The van der Waals surface area contributed by atoms with Gasteiger partial charge >= 0.3 is 6.01 Å². The van der Waals surface area contributed by atoms with Crippen molar-refractivity contribution in [1.82, 2.24) is 14.5 Å². The number of anilines is 1. The van der Waals surface area contributed by atoms with E-state index in [-0.39, 0.29) is 17.5 Å². The average Bonchev–Trinajstić information content (AvgIpc) is 3.41. The molecule has 2 aromatic carbocycles. The summed E-state index contributed by atoms with van der Waals surface area (Å²) in [6, 6.07) is 11.9. The van der Waals surface area contributed by atoms with Crippen molar-refractivity contribution in [2.45, 2.75) is 51.0 Å². The lowest BCUT2D eigenvalue weighted by molar-refractivity contribution is -0.119.